The zero-order chi connectivity index (χ0) is 15.3. The third-order valence-electron chi connectivity index (χ3n) is 2.50. The predicted octanol–water partition coefficient (Wildman–Crippen LogP) is 3.10. The minimum atomic E-state index is -3.72. The summed E-state index contributed by atoms with van der Waals surface area (Å²) in [5, 5.41) is 2.55. The number of amides is 1. The molecule has 0 saturated carbocycles. The van der Waals surface area contributed by atoms with E-state index in [0.717, 1.165) is 16.9 Å². The first kappa shape index (κ1) is 15.8. The minimum Gasteiger partial charge on any atom is -0.445 e. The van der Waals surface area contributed by atoms with Gasteiger partial charge in [0, 0.05) is 15.6 Å². The first-order valence-corrected chi connectivity index (χ1v) is 9.05. The molecule has 0 spiro atoms. The van der Waals surface area contributed by atoms with Gasteiger partial charge in [-0.25, -0.2) is 13.2 Å². The fourth-order valence-corrected chi connectivity index (χ4v) is 3.58. The van der Waals surface area contributed by atoms with Crippen LogP contribution in [0.5, 0.6) is 0 Å². The van der Waals surface area contributed by atoms with Crippen LogP contribution < -0.4 is 5.32 Å². The highest BCUT2D eigenvalue weighted by Gasteiger charge is 2.13. The third kappa shape index (κ3) is 5.04. The lowest BCUT2D eigenvalue weighted by molar-refractivity contribution is 0.139. The van der Waals surface area contributed by atoms with Gasteiger partial charge >= 0.3 is 6.09 Å². The quantitative estimate of drug-likeness (QED) is 0.845. The molecule has 1 N–H and O–H groups in total. The molecule has 21 heavy (non-hydrogen) atoms. The molecule has 112 valence electrons. The van der Waals surface area contributed by atoms with E-state index in [-0.39, 0.29) is 17.4 Å². The minimum absolute atomic E-state index is 0.0543. The van der Waals surface area contributed by atoms with E-state index in [1.54, 1.807) is 6.07 Å². The summed E-state index contributed by atoms with van der Waals surface area (Å²) in [6, 6.07) is 12.3. The van der Waals surface area contributed by atoms with Gasteiger partial charge in [0.15, 0.2) is 0 Å². The number of halogens is 1. The molecular formula is C13H12ClNO4S2. The molecule has 0 radical (unpaired) electrons. The molecule has 0 saturated heterocycles. The van der Waals surface area contributed by atoms with E-state index in [0.29, 0.717) is 4.88 Å². The molecule has 0 unspecified atom stereocenters. The topological polar surface area (TPSA) is 72.5 Å². The van der Waals surface area contributed by atoms with Crippen molar-refractivity contribution in [2.24, 2.45) is 0 Å². The van der Waals surface area contributed by atoms with E-state index in [1.807, 2.05) is 30.3 Å². The summed E-state index contributed by atoms with van der Waals surface area (Å²) in [6.07, 6.45) is -0.567. The second-order valence-corrected chi connectivity index (χ2v) is 8.03. The molecule has 2 rings (SSSR count). The number of ether oxygens (including phenoxy) is 1. The third-order valence-corrected chi connectivity index (χ3v) is 5.68. The van der Waals surface area contributed by atoms with Gasteiger partial charge in [0.2, 0.25) is 0 Å². The summed E-state index contributed by atoms with van der Waals surface area (Å²) in [4.78, 5) is 12.2. The van der Waals surface area contributed by atoms with Crippen LogP contribution in [-0.2, 0) is 26.9 Å². The van der Waals surface area contributed by atoms with Gasteiger partial charge < -0.3 is 10.1 Å². The highest BCUT2D eigenvalue weighted by Crippen LogP contribution is 2.24. The van der Waals surface area contributed by atoms with Crippen LogP contribution in [0.4, 0.5) is 4.79 Å². The Morgan fingerprint density at radius 2 is 1.90 bits per heavy atom. The van der Waals surface area contributed by atoms with E-state index in [1.165, 1.54) is 6.07 Å². The maximum atomic E-state index is 11.5. The maximum Gasteiger partial charge on any atom is 0.407 e. The highest BCUT2D eigenvalue weighted by atomic mass is 35.7. The van der Waals surface area contributed by atoms with Crippen molar-refractivity contribution >= 4 is 37.2 Å². The zero-order valence-electron chi connectivity index (χ0n) is 10.8. The molecule has 0 aliphatic heterocycles. The summed E-state index contributed by atoms with van der Waals surface area (Å²) < 4.78 is 27.3. The fourth-order valence-electron chi connectivity index (χ4n) is 1.52. The molecule has 1 amide bonds. The van der Waals surface area contributed by atoms with Crippen LogP contribution in [0.15, 0.2) is 46.7 Å². The van der Waals surface area contributed by atoms with Crippen molar-refractivity contribution in [3.63, 3.8) is 0 Å². The van der Waals surface area contributed by atoms with Gasteiger partial charge in [-0.3, -0.25) is 0 Å². The second-order valence-electron chi connectivity index (χ2n) is 4.07. The monoisotopic (exact) mass is 345 g/mol. The normalized spacial score (nSPS) is 11.1. The standard InChI is InChI=1S/C13H12ClNO4S2/c14-21(17,18)12-7-6-11(20-12)8-15-13(16)19-9-10-4-2-1-3-5-10/h1-7H,8-9H2,(H,15,16). The largest absolute Gasteiger partial charge is 0.445 e. The lowest BCUT2D eigenvalue weighted by atomic mass is 10.2. The maximum absolute atomic E-state index is 11.5. The predicted molar refractivity (Wildman–Crippen MR) is 80.8 cm³/mol. The Labute approximate surface area is 130 Å². The van der Waals surface area contributed by atoms with Crippen molar-refractivity contribution in [1.82, 2.24) is 5.32 Å². The lowest BCUT2D eigenvalue weighted by Gasteiger charge is -2.05. The van der Waals surface area contributed by atoms with Gasteiger partial charge in [-0.2, -0.15) is 0 Å². The summed E-state index contributed by atoms with van der Waals surface area (Å²) in [7, 11) is 1.50. The van der Waals surface area contributed by atoms with Crippen LogP contribution in [-0.4, -0.2) is 14.5 Å². The van der Waals surface area contributed by atoms with Crippen LogP contribution in [0.1, 0.15) is 10.4 Å². The average Bonchev–Trinajstić information content (AvgIpc) is 2.93. The zero-order valence-corrected chi connectivity index (χ0v) is 13.2. The number of hydrogen-bond donors (Lipinski definition) is 1. The Kier molecular flexibility index (Phi) is 5.22. The van der Waals surface area contributed by atoms with Crippen LogP contribution in [0.25, 0.3) is 0 Å². The van der Waals surface area contributed by atoms with Gasteiger partial charge in [-0.15, -0.1) is 11.3 Å². The molecule has 0 fully saturated rings. The molecule has 1 aromatic carbocycles. The molecule has 8 heteroatoms. The van der Waals surface area contributed by atoms with Crippen molar-refractivity contribution in [3.05, 3.63) is 52.9 Å². The van der Waals surface area contributed by atoms with Crippen molar-refractivity contribution < 1.29 is 17.9 Å². The van der Waals surface area contributed by atoms with Crippen LogP contribution >= 0.6 is 22.0 Å². The SMILES string of the molecule is O=C(NCc1ccc(S(=O)(=O)Cl)s1)OCc1ccccc1. The number of thiophene rings is 1. The number of hydrogen-bond acceptors (Lipinski definition) is 5. The highest BCUT2D eigenvalue weighted by molar-refractivity contribution is 8.15. The number of carbonyl (C=O) groups is 1. The van der Waals surface area contributed by atoms with Crippen molar-refractivity contribution in [3.8, 4) is 0 Å². The Balaban J connectivity index is 1.80. The molecular weight excluding hydrogens is 334 g/mol. The first-order valence-electron chi connectivity index (χ1n) is 5.93. The van der Waals surface area contributed by atoms with Gasteiger partial charge in [0.05, 0.1) is 6.54 Å². The van der Waals surface area contributed by atoms with Crippen LogP contribution in [0.3, 0.4) is 0 Å². The number of nitrogens with one attached hydrogen (secondary N) is 1. The van der Waals surface area contributed by atoms with Crippen LogP contribution in [0, 0.1) is 0 Å². The first-order chi connectivity index (χ1) is 9.95. The van der Waals surface area contributed by atoms with E-state index in [2.05, 4.69) is 5.32 Å². The molecule has 0 aliphatic rings. The Hall–Kier alpha value is -1.57. The van der Waals surface area contributed by atoms with Gasteiger partial charge in [-0.1, -0.05) is 30.3 Å². The van der Waals surface area contributed by atoms with Crippen molar-refractivity contribution in [1.29, 1.82) is 0 Å². The Morgan fingerprint density at radius 3 is 2.52 bits per heavy atom. The van der Waals surface area contributed by atoms with Crippen LogP contribution in [0.2, 0.25) is 0 Å². The van der Waals surface area contributed by atoms with E-state index < -0.39 is 15.1 Å². The van der Waals surface area contributed by atoms with E-state index >= 15 is 0 Å². The van der Waals surface area contributed by atoms with Gasteiger partial charge in [0.1, 0.15) is 10.8 Å². The van der Waals surface area contributed by atoms with Crippen molar-refractivity contribution in [2.75, 3.05) is 0 Å². The second kappa shape index (κ2) is 6.93. The summed E-state index contributed by atoms with van der Waals surface area (Å²) in [6.45, 7) is 0.364. The van der Waals surface area contributed by atoms with Gasteiger partial charge in [0.25, 0.3) is 9.05 Å². The summed E-state index contributed by atoms with van der Waals surface area (Å²) in [5.41, 5.74) is 0.888. The smallest absolute Gasteiger partial charge is 0.407 e. The van der Waals surface area contributed by atoms with E-state index in [4.69, 9.17) is 15.4 Å². The molecule has 0 bridgehead atoms. The molecule has 1 aromatic heterocycles. The molecule has 0 atom stereocenters. The Morgan fingerprint density at radius 1 is 1.19 bits per heavy atom. The number of benzene rings is 1. The molecule has 5 nitrogen and oxygen atoms in total. The summed E-state index contributed by atoms with van der Waals surface area (Å²) >= 11 is 1.01. The molecule has 1 heterocycles. The van der Waals surface area contributed by atoms with Crippen molar-refractivity contribution in [2.45, 2.75) is 17.4 Å². The van der Waals surface area contributed by atoms with E-state index in [9.17, 15) is 13.2 Å². The number of alkyl carbamates (subject to hydrolysis) is 1. The Bertz CT molecular complexity index is 713. The lowest BCUT2D eigenvalue weighted by Crippen LogP contribution is -2.23. The molecule has 0 aliphatic carbocycles. The number of rotatable bonds is 5. The summed E-state index contributed by atoms with van der Waals surface area (Å²) in [5.74, 6) is 0. The average molecular weight is 346 g/mol. The number of carbonyl (C=O) groups excluding carboxylic acids is 1. The van der Waals surface area contributed by atoms with Gasteiger partial charge in [-0.05, 0) is 17.7 Å². The molecule has 2 aromatic rings. The fraction of sp³-hybridized carbons (Fsp3) is 0.154.